The average molecular weight is 253 g/mol. The predicted molar refractivity (Wildman–Crippen MR) is 64.8 cm³/mol. The minimum absolute atomic E-state index is 0.141. The summed E-state index contributed by atoms with van der Waals surface area (Å²) >= 11 is 5.81. The van der Waals surface area contributed by atoms with Crippen LogP contribution in [0, 0.1) is 0 Å². The summed E-state index contributed by atoms with van der Waals surface area (Å²) in [6, 6.07) is 5.32. The molecule has 5 nitrogen and oxygen atoms in total. The topological polar surface area (TPSA) is 63.0 Å². The lowest BCUT2D eigenvalue weighted by Gasteiger charge is -2.07. The Morgan fingerprint density at radius 3 is 3.06 bits per heavy atom. The summed E-state index contributed by atoms with van der Waals surface area (Å²) in [5.41, 5.74) is 0.788. The van der Waals surface area contributed by atoms with Gasteiger partial charge in [0, 0.05) is 24.8 Å². The van der Waals surface area contributed by atoms with Crippen molar-refractivity contribution in [3.63, 3.8) is 0 Å². The number of nitrogens with zero attached hydrogens (tertiary/aromatic N) is 3. The Balaban J connectivity index is 1.80. The van der Waals surface area contributed by atoms with E-state index in [1.165, 1.54) is 0 Å². The Bertz CT molecular complexity index is 472. The molecule has 17 heavy (non-hydrogen) atoms. The Kier molecular flexibility index (Phi) is 3.95. The summed E-state index contributed by atoms with van der Waals surface area (Å²) in [6.45, 7) is 2.05. The second-order valence-corrected chi connectivity index (χ2v) is 4.00. The number of phenolic OH excluding ortho intramolecular Hbond substituents is 1. The van der Waals surface area contributed by atoms with Gasteiger partial charge in [-0.05, 0) is 6.07 Å². The second-order valence-electron chi connectivity index (χ2n) is 3.59. The van der Waals surface area contributed by atoms with E-state index in [4.69, 9.17) is 11.6 Å². The zero-order chi connectivity index (χ0) is 12.1. The fraction of sp³-hybridized carbons (Fsp3) is 0.273. The molecule has 0 atom stereocenters. The minimum atomic E-state index is 0.141. The van der Waals surface area contributed by atoms with Gasteiger partial charge in [-0.3, -0.25) is 4.68 Å². The van der Waals surface area contributed by atoms with Crippen LogP contribution >= 0.6 is 11.6 Å². The number of hydrogen-bond donors (Lipinski definition) is 2. The third-order valence-corrected chi connectivity index (χ3v) is 2.68. The first kappa shape index (κ1) is 11.9. The van der Waals surface area contributed by atoms with Crippen molar-refractivity contribution >= 4 is 11.6 Å². The lowest BCUT2D eigenvalue weighted by Crippen LogP contribution is -2.19. The molecule has 2 N–H and O–H groups in total. The number of halogens is 1. The first-order chi connectivity index (χ1) is 8.27. The molecule has 0 aliphatic heterocycles. The van der Waals surface area contributed by atoms with Crippen LogP contribution in [0.5, 0.6) is 5.75 Å². The number of nitrogens with one attached hydrogen (secondary N) is 1. The summed E-state index contributed by atoms with van der Waals surface area (Å²) in [5.74, 6) is 0.141. The highest BCUT2D eigenvalue weighted by atomic mass is 35.5. The fourth-order valence-corrected chi connectivity index (χ4v) is 1.67. The summed E-state index contributed by atoms with van der Waals surface area (Å²) < 4.78 is 1.74. The highest BCUT2D eigenvalue weighted by Gasteiger charge is 2.03. The SMILES string of the molecule is Oc1c(Cl)cccc1CNCCn1ccnn1. The molecule has 0 spiro atoms. The van der Waals surface area contributed by atoms with E-state index in [0.717, 1.165) is 18.7 Å². The van der Waals surface area contributed by atoms with Crippen LogP contribution in [-0.2, 0) is 13.1 Å². The van der Waals surface area contributed by atoms with Crippen molar-refractivity contribution in [1.29, 1.82) is 0 Å². The molecule has 2 aromatic rings. The molecule has 2 rings (SSSR count). The molecule has 0 amide bonds. The molecule has 0 aliphatic carbocycles. The van der Waals surface area contributed by atoms with E-state index in [0.29, 0.717) is 11.6 Å². The summed E-state index contributed by atoms with van der Waals surface area (Å²) in [7, 11) is 0. The zero-order valence-corrected chi connectivity index (χ0v) is 9.93. The van der Waals surface area contributed by atoms with Crippen LogP contribution in [0.15, 0.2) is 30.6 Å². The van der Waals surface area contributed by atoms with E-state index in [1.807, 2.05) is 12.1 Å². The van der Waals surface area contributed by atoms with Gasteiger partial charge < -0.3 is 10.4 Å². The summed E-state index contributed by atoms with van der Waals surface area (Å²) in [5, 5.41) is 20.8. The van der Waals surface area contributed by atoms with Crippen molar-refractivity contribution < 1.29 is 5.11 Å². The van der Waals surface area contributed by atoms with E-state index >= 15 is 0 Å². The van der Waals surface area contributed by atoms with Crippen molar-refractivity contribution in [2.45, 2.75) is 13.1 Å². The number of hydrogen-bond acceptors (Lipinski definition) is 4. The molecule has 0 bridgehead atoms. The van der Waals surface area contributed by atoms with Crippen LogP contribution in [0.2, 0.25) is 5.02 Å². The van der Waals surface area contributed by atoms with Crippen LogP contribution < -0.4 is 5.32 Å². The van der Waals surface area contributed by atoms with Gasteiger partial charge in [-0.15, -0.1) is 5.10 Å². The van der Waals surface area contributed by atoms with Crippen molar-refractivity contribution in [2.24, 2.45) is 0 Å². The molecule has 0 aliphatic rings. The molecule has 0 unspecified atom stereocenters. The largest absolute Gasteiger partial charge is 0.506 e. The molecule has 1 heterocycles. The number of aromatic nitrogens is 3. The number of phenols is 1. The zero-order valence-electron chi connectivity index (χ0n) is 9.17. The highest BCUT2D eigenvalue weighted by Crippen LogP contribution is 2.26. The standard InChI is InChI=1S/C11H13ClN4O/c12-10-3-1-2-9(11(10)17)8-13-4-6-16-7-5-14-15-16/h1-3,5,7,13,17H,4,6,8H2. The molecule has 90 valence electrons. The number of aromatic hydroxyl groups is 1. The van der Waals surface area contributed by atoms with Crippen LogP contribution in [-0.4, -0.2) is 26.6 Å². The predicted octanol–water partition coefficient (Wildman–Crippen LogP) is 1.43. The van der Waals surface area contributed by atoms with Crippen LogP contribution in [0.1, 0.15) is 5.56 Å². The molecular weight excluding hydrogens is 240 g/mol. The maximum Gasteiger partial charge on any atom is 0.138 e. The second kappa shape index (κ2) is 5.65. The van der Waals surface area contributed by atoms with Crippen molar-refractivity contribution in [1.82, 2.24) is 20.3 Å². The van der Waals surface area contributed by atoms with Crippen molar-refractivity contribution in [3.05, 3.63) is 41.2 Å². The highest BCUT2D eigenvalue weighted by molar-refractivity contribution is 6.32. The molecule has 0 saturated carbocycles. The Hall–Kier alpha value is -1.59. The normalized spacial score (nSPS) is 10.6. The maximum atomic E-state index is 9.68. The molecule has 1 aromatic heterocycles. The van der Waals surface area contributed by atoms with Crippen molar-refractivity contribution in [2.75, 3.05) is 6.54 Å². The Labute approximate surface area is 104 Å². The van der Waals surface area contributed by atoms with Gasteiger partial charge in [-0.1, -0.05) is 28.9 Å². The van der Waals surface area contributed by atoms with E-state index in [2.05, 4.69) is 15.6 Å². The fourth-order valence-electron chi connectivity index (χ4n) is 1.47. The maximum absolute atomic E-state index is 9.68. The van der Waals surface area contributed by atoms with E-state index in [1.54, 1.807) is 23.1 Å². The van der Waals surface area contributed by atoms with E-state index in [-0.39, 0.29) is 5.75 Å². The molecule has 0 saturated heterocycles. The number of benzene rings is 1. The molecule has 0 fully saturated rings. The first-order valence-electron chi connectivity index (χ1n) is 5.28. The third kappa shape index (κ3) is 3.18. The lowest BCUT2D eigenvalue weighted by atomic mass is 10.2. The van der Waals surface area contributed by atoms with Crippen molar-refractivity contribution in [3.8, 4) is 5.75 Å². The van der Waals surface area contributed by atoms with E-state index in [9.17, 15) is 5.11 Å². The quantitative estimate of drug-likeness (QED) is 0.791. The van der Waals surface area contributed by atoms with Gasteiger partial charge in [0.25, 0.3) is 0 Å². The molecule has 0 radical (unpaired) electrons. The molecule has 6 heteroatoms. The molecular formula is C11H13ClN4O. The third-order valence-electron chi connectivity index (χ3n) is 2.38. The van der Waals surface area contributed by atoms with Gasteiger partial charge in [0.15, 0.2) is 0 Å². The van der Waals surface area contributed by atoms with Crippen LogP contribution in [0.4, 0.5) is 0 Å². The monoisotopic (exact) mass is 252 g/mol. The molecule has 1 aromatic carbocycles. The summed E-state index contributed by atoms with van der Waals surface area (Å²) in [4.78, 5) is 0. The van der Waals surface area contributed by atoms with E-state index < -0.39 is 0 Å². The number of rotatable bonds is 5. The van der Waals surface area contributed by atoms with Crippen LogP contribution in [0.3, 0.4) is 0 Å². The van der Waals surface area contributed by atoms with Gasteiger partial charge in [0.05, 0.1) is 17.8 Å². The number of para-hydroxylation sites is 1. The van der Waals surface area contributed by atoms with Crippen LogP contribution in [0.25, 0.3) is 0 Å². The van der Waals surface area contributed by atoms with Gasteiger partial charge >= 0.3 is 0 Å². The van der Waals surface area contributed by atoms with Gasteiger partial charge in [-0.2, -0.15) is 0 Å². The van der Waals surface area contributed by atoms with Gasteiger partial charge in [0.1, 0.15) is 5.75 Å². The Morgan fingerprint density at radius 1 is 1.41 bits per heavy atom. The lowest BCUT2D eigenvalue weighted by molar-refractivity contribution is 0.462. The smallest absolute Gasteiger partial charge is 0.138 e. The Morgan fingerprint density at radius 2 is 2.29 bits per heavy atom. The first-order valence-corrected chi connectivity index (χ1v) is 5.66. The average Bonchev–Trinajstić information content (AvgIpc) is 2.83. The van der Waals surface area contributed by atoms with Gasteiger partial charge in [-0.25, -0.2) is 0 Å². The summed E-state index contributed by atoms with van der Waals surface area (Å²) in [6.07, 6.45) is 3.45. The van der Waals surface area contributed by atoms with Gasteiger partial charge in [0.2, 0.25) is 0 Å². The minimum Gasteiger partial charge on any atom is -0.506 e.